The van der Waals surface area contributed by atoms with Gasteiger partial charge in [0.15, 0.2) is 4.80 Å². The van der Waals surface area contributed by atoms with Gasteiger partial charge < -0.3 is 9.84 Å². The molecule has 1 aliphatic heterocycles. The predicted octanol–water partition coefficient (Wildman–Crippen LogP) is 5.45. The average molecular weight is 567 g/mol. The number of halogens is 1. The zero-order valence-corrected chi connectivity index (χ0v) is 22.9. The van der Waals surface area contributed by atoms with Gasteiger partial charge in [0.1, 0.15) is 5.75 Å². The second-order valence-corrected chi connectivity index (χ2v) is 10.6. The fraction of sp³-hybridized carbons (Fsp3) is 0.0938. The Bertz CT molecular complexity index is 1980. The first-order valence-electron chi connectivity index (χ1n) is 12.7. The number of esters is 1. The number of hydrogen-bond acceptors (Lipinski definition) is 6. The summed E-state index contributed by atoms with van der Waals surface area (Å²) in [5.74, 6) is -0.484. The molecule has 0 saturated heterocycles. The average Bonchev–Trinajstić information content (AvgIpc) is 3.29. The molecule has 0 radical (unpaired) electrons. The van der Waals surface area contributed by atoms with Gasteiger partial charge in [-0.05, 0) is 47.5 Å². The first-order chi connectivity index (χ1) is 19.5. The monoisotopic (exact) mass is 566 g/mol. The van der Waals surface area contributed by atoms with Crippen molar-refractivity contribution in [3.8, 4) is 5.75 Å². The van der Waals surface area contributed by atoms with Crippen LogP contribution in [0.25, 0.3) is 22.5 Å². The van der Waals surface area contributed by atoms with Gasteiger partial charge in [0.2, 0.25) is 0 Å². The Morgan fingerprint density at radius 3 is 2.50 bits per heavy atom. The number of phenols is 1. The number of aromatic hydroxyl groups is 1. The zero-order chi connectivity index (χ0) is 27.8. The highest BCUT2D eigenvalue weighted by atomic mass is 35.5. The van der Waals surface area contributed by atoms with Crippen molar-refractivity contribution in [1.82, 2.24) is 4.57 Å². The number of phenolic OH excluding ortho intramolecular Hbond substituents is 1. The Hall–Kier alpha value is -4.46. The van der Waals surface area contributed by atoms with Crippen LogP contribution < -0.4 is 14.9 Å². The van der Waals surface area contributed by atoms with Crippen LogP contribution in [0.15, 0.2) is 106 Å². The lowest BCUT2D eigenvalue weighted by atomic mass is 9.93. The van der Waals surface area contributed by atoms with E-state index in [-0.39, 0.29) is 23.5 Å². The van der Waals surface area contributed by atoms with Gasteiger partial charge in [-0.2, -0.15) is 0 Å². The molecule has 0 unspecified atom stereocenters. The molecule has 1 N–H and O–H groups in total. The zero-order valence-electron chi connectivity index (χ0n) is 21.4. The van der Waals surface area contributed by atoms with Gasteiger partial charge in [-0.25, -0.2) is 9.79 Å². The molecule has 0 amide bonds. The van der Waals surface area contributed by atoms with E-state index in [4.69, 9.17) is 21.3 Å². The molecule has 0 spiro atoms. The number of benzene rings is 4. The minimum absolute atomic E-state index is 0.0657. The lowest BCUT2D eigenvalue weighted by Gasteiger charge is -2.25. The first-order valence-corrected chi connectivity index (χ1v) is 13.9. The topological polar surface area (TPSA) is 80.9 Å². The van der Waals surface area contributed by atoms with Crippen LogP contribution in [0.4, 0.5) is 0 Å². The van der Waals surface area contributed by atoms with Gasteiger partial charge >= 0.3 is 5.97 Å². The van der Waals surface area contributed by atoms with Gasteiger partial charge in [-0.3, -0.25) is 9.36 Å². The van der Waals surface area contributed by atoms with E-state index >= 15 is 0 Å². The van der Waals surface area contributed by atoms with E-state index in [1.54, 1.807) is 43.3 Å². The van der Waals surface area contributed by atoms with Crippen LogP contribution in [0.2, 0.25) is 5.02 Å². The number of rotatable bonds is 5. The van der Waals surface area contributed by atoms with E-state index in [1.807, 2.05) is 60.7 Å². The van der Waals surface area contributed by atoms with Crippen LogP contribution in [0, 0.1) is 0 Å². The summed E-state index contributed by atoms with van der Waals surface area (Å²) in [7, 11) is 0. The predicted molar refractivity (Wildman–Crippen MR) is 158 cm³/mol. The lowest BCUT2D eigenvalue weighted by Crippen LogP contribution is -2.40. The lowest BCUT2D eigenvalue weighted by molar-refractivity contribution is -0.138. The molecule has 0 aliphatic carbocycles. The van der Waals surface area contributed by atoms with Crippen molar-refractivity contribution in [2.45, 2.75) is 13.0 Å². The van der Waals surface area contributed by atoms with Crippen molar-refractivity contribution in [2.24, 2.45) is 4.99 Å². The standard InChI is InChI=1S/C32H23ClN2O4S/c1-2-39-31(38)27-28(20-9-4-3-5-10-20)34-32-35(29(27)21-12-15-22(33)16-13-21)30(37)26(40-32)18-24-23-11-7-6-8-19(23)14-17-25(24)36/h3-18,29,36H,2H2,1H3/b26-18-/t29-/m1/s1. The summed E-state index contributed by atoms with van der Waals surface area (Å²) >= 11 is 7.40. The summed E-state index contributed by atoms with van der Waals surface area (Å²) in [6.45, 7) is 1.91. The molecule has 8 heteroatoms. The largest absolute Gasteiger partial charge is 0.507 e. The van der Waals surface area contributed by atoms with Crippen LogP contribution in [0.5, 0.6) is 5.75 Å². The van der Waals surface area contributed by atoms with Gasteiger partial charge in [0.05, 0.1) is 28.5 Å². The molecule has 1 aromatic heterocycles. The molecule has 0 saturated carbocycles. The van der Waals surface area contributed by atoms with Crippen LogP contribution in [-0.2, 0) is 9.53 Å². The summed E-state index contributed by atoms with van der Waals surface area (Å²) in [5, 5.41) is 13.0. The fourth-order valence-corrected chi connectivity index (χ4v) is 6.08. The van der Waals surface area contributed by atoms with Crippen molar-refractivity contribution >= 4 is 51.5 Å². The Labute approximate surface area is 238 Å². The molecule has 2 heterocycles. The Morgan fingerprint density at radius 2 is 1.75 bits per heavy atom. The normalized spacial score (nSPS) is 15.2. The molecule has 6 nitrogen and oxygen atoms in total. The Balaban J connectivity index is 1.67. The van der Waals surface area contributed by atoms with Gasteiger partial charge in [0, 0.05) is 16.1 Å². The summed E-state index contributed by atoms with van der Waals surface area (Å²) in [6, 6.07) is 26.8. The maximum absolute atomic E-state index is 14.1. The summed E-state index contributed by atoms with van der Waals surface area (Å²) in [6.07, 6.45) is 1.69. The van der Waals surface area contributed by atoms with Crippen molar-refractivity contribution < 1.29 is 14.6 Å². The molecule has 4 aromatic carbocycles. The van der Waals surface area contributed by atoms with Gasteiger partial charge in [-0.15, -0.1) is 0 Å². The van der Waals surface area contributed by atoms with Crippen LogP contribution in [0.3, 0.4) is 0 Å². The van der Waals surface area contributed by atoms with Crippen molar-refractivity contribution in [2.75, 3.05) is 6.61 Å². The third-order valence-corrected chi connectivity index (χ3v) is 8.02. The fourth-order valence-electron chi connectivity index (χ4n) is 4.97. The number of nitrogens with zero attached hydrogens (tertiary/aromatic N) is 2. The molecule has 5 aromatic rings. The van der Waals surface area contributed by atoms with Crippen molar-refractivity contribution in [1.29, 1.82) is 0 Å². The molecule has 1 atom stereocenters. The number of thiazole rings is 1. The van der Waals surface area contributed by atoms with Gasteiger partial charge in [-0.1, -0.05) is 95.7 Å². The number of ether oxygens (including phenoxy) is 1. The summed E-state index contributed by atoms with van der Waals surface area (Å²) < 4.78 is 7.40. The highest BCUT2D eigenvalue weighted by molar-refractivity contribution is 7.07. The van der Waals surface area contributed by atoms with Crippen molar-refractivity contribution in [3.05, 3.63) is 138 Å². The summed E-state index contributed by atoms with van der Waals surface area (Å²) in [5.41, 5.74) is 2.34. The molecule has 198 valence electrons. The molecule has 40 heavy (non-hydrogen) atoms. The number of carbonyl (C=O) groups is 1. The highest BCUT2D eigenvalue weighted by Crippen LogP contribution is 2.35. The Kier molecular flexibility index (Phi) is 6.84. The minimum Gasteiger partial charge on any atom is -0.507 e. The molecule has 6 rings (SSSR count). The maximum atomic E-state index is 14.1. The van der Waals surface area contributed by atoms with E-state index in [2.05, 4.69) is 0 Å². The molecule has 0 bridgehead atoms. The summed E-state index contributed by atoms with van der Waals surface area (Å²) in [4.78, 5) is 32.9. The SMILES string of the molecule is CCOC(=O)C1=C(c2ccccc2)N=c2s/c(=C\c3c(O)ccc4ccccc34)c(=O)n2[C@@H]1c1ccc(Cl)cc1. The second kappa shape index (κ2) is 10.6. The molecular formula is C32H23ClN2O4S. The second-order valence-electron chi connectivity index (χ2n) is 9.20. The first kappa shape index (κ1) is 25.8. The number of fused-ring (bicyclic) bond motifs is 2. The van der Waals surface area contributed by atoms with Crippen LogP contribution in [0.1, 0.15) is 29.7 Å². The number of hydrogen-bond donors (Lipinski definition) is 1. The van der Waals surface area contributed by atoms with Crippen LogP contribution >= 0.6 is 22.9 Å². The number of aromatic nitrogens is 1. The van der Waals surface area contributed by atoms with Gasteiger partial charge in [0.25, 0.3) is 5.56 Å². The molecule has 0 fully saturated rings. The van der Waals surface area contributed by atoms with Crippen LogP contribution in [-0.4, -0.2) is 22.2 Å². The third-order valence-electron chi connectivity index (χ3n) is 6.78. The van der Waals surface area contributed by atoms with E-state index in [0.717, 1.165) is 16.3 Å². The smallest absolute Gasteiger partial charge is 0.338 e. The van der Waals surface area contributed by atoms with E-state index in [1.165, 1.54) is 15.9 Å². The van der Waals surface area contributed by atoms with E-state index < -0.39 is 12.0 Å². The minimum atomic E-state index is -0.800. The van der Waals surface area contributed by atoms with Crippen molar-refractivity contribution in [3.63, 3.8) is 0 Å². The quantitative estimate of drug-likeness (QED) is 0.287. The van der Waals surface area contributed by atoms with E-state index in [9.17, 15) is 14.7 Å². The molecule has 1 aliphatic rings. The third kappa shape index (κ3) is 4.53. The Morgan fingerprint density at radius 1 is 1.02 bits per heavy atom. The number of carbonyl (C=O) groups excluding carboxylic acids is 1. The molecular weight excluding hydrogens is 544 g/mol. The highest BCUT2D eigenvalue weighted by Gasteiger charge is 2.35. The van der Waals surface area contributed by atoms with E-state index in [0.29, 0.717) is 31.2 Å². The maximum Gasteiger partial charge on any atom is 0.338 e.